The van der Waals surface area contributed by atoms with Crippen molar-refractivity contribution in [3.63, 3.8) is 0 Å². The Morgan fingerprint density at radius 2 is 1.83 bits per heavy atom. The molecule has 1 aliphatic heterocycles. The smallest absolute Gasteiger partial charge is 0.259 e. The Balaban J connectivity index is 1.48. The summed E-state index contributed by atoms with van der Waals surface area (Å²) in [5, 5.41) is 1.25. The van der Waals surface area contributed by atoms with E-state index in [2.05, 4.69) is 21.8 Å². The molecule has 0 spiro atoms. The Bertz CT molecular complexity index is 1180. The molecule has 1 unspecified atom stereocenters. The molecule has 0 bridgehead atoms. The molecule has 1 aliphatic rings. The van der Waals surface area contributed by atoms with Crippen molar-refractivity contribution in [3.05, 3.63) is 73.7 Å². The molecule has 1 amide bonds. The third-order valence-corrected chi connectivity index (χ3v) is 6.04. The Labute approximate surface area is 178 Å². The molecule has 1 saturated heterocycles. The van der Waals surface area contributed by atoms with Crippen molar-refractivity contribution in [2.24, 2.45) is 0 Å². The molecule has 1 atom stereocenters. The second kappa shape index (κ2) is 8.10. The minimum absolute atomic E-state index is 0.0449. The second-order valence-electron chi connectivity index (χ2n) is 7.19. The van der Waals surface area contributed by atoms with Crippen LogP contribution in [0.15, 0.2) is 47.3 Å². The lowest BCUT2D eigenvalue weighted by atomic mass is 10.1. The van der Waals surface area contributed by atoms with Gasteiger partial charge in [-0.2, -0.15) is 0 Å². The number of hydrogen-bond donors (Lipinski definition) is 2. The molecule has 6 nitrogen and oxygen atoms in total. The maximum atomic E-state index is 13.0. The van der Waals surface area contributed by atoms with Gasteiger partial charge in [0.15, 0.2) is 4.77 Å². The zero-order valence-corrected chi connectivity index (χ0v) is 17.5. The van der Waals surface area contributed by atoms with Gasteiger partial charge in [0, 0.05) is 42.8 Å². The van der Waals surface area contributed by atoms with Crippen LogP contribution < -0.4 is 5.56 Å². The third-order valence-electron chi connectivity index (χ3n) is 5.49. The molecule has 150 valence electrons. The largest absolute Gasteiger partial charge is 0.336 e. The van der Waals surface area contributed by atoms with E-state index in [1.54, 1.807) is 18.2 Å². The number of rotatable bonds is 3. The maximum Gasteiger partial charge on any atom is 0.259 e. The van der Waals surface area contributed by atoms with Gasteiger partial charge < -0.3 is 9.88 Å². The van der Waals surface area contributed by atoms with Crippen LogP contribution in [-0.4, -0.2) is 51.9 Å². The van der Waals surface area contributed by atoms with Crippen molar-refractivity contribution in [3.8, 4) is 0 Å². The van der Waals surface area contributed by atoms with E-state index >= 15 is 0 Å². The number of halogens is 1. The minimum Gasteiger partial charge on any atom is -0.336 e. The van der Waals surface area contributed by atoms with E-state index < -0.39 is 0 Å². The van der Waals surface area contributed by atoms with Gasteiger partial charge in [-0.3, -0.25) is 19.5 Å². The molecule has 0 aliphatic carbocycles. The molecule has 1 aromatic heterocycles. The van der Waals surface area contributed by atoms with Crippen molar-refractivity contribution in [1.29, 1.82) is 0 Å². The zero-order chi connectivity index (χ0) is 20.5. The molecule has 8 heteroatoms. The number of piperazine rings is 1. The lowest BCUT2D eigenvalue weighted by Crippen LogP contribution is -2.49. The molecular formula is C21H21ClN4O2S. The van der Waals surface area contributed by atoms with Crippen LogP contribution in [0.3, 0.4) is 0 Å². The highest BCUT2D eigenvalue weighted by Gasteiger charge is 2.26. The number of carbonyl (C=O) groups is 1. The molecule has 2 aromatic carbocycles. The highest BCUT2D eigenvalue weighted by Crippen LogP contribution is 2.28. The van der Waals surface area contributed by atoms with Gasteiger partial charge in [0.2, 0.25) is 0 Å². The monoisotopic (exact) mass is 428 g/mol. The van der Waals surface area contributed by atoms with Gasteiger partial charge >= 0.3 is 0 Å². The average molecular weight is 429 g/mol. The first kappa shape index (κ1) is 19.8. The molecule has 2 N–H and O–H groups in total. The minimum atomic E-state index is -0.259. The van der Waals surface area contributed by atoms with E-state index in [1.807, 2.05) is 29.2 Å². The van der Waals surface area contributed by atoms with Gasteiger partial charge in [-0.1, -0.05) is 29.8 Å². The van der Waals surface area contributed by atoms with Crippen LogP contribution in [0.25, 0.3) is 10.9 Å². The van der Waals surface area contributed by atoms with E-state index in [0.717, 1.165) is 23.7 Å². The first-order valence-electron chi connectivity index (χ1n) is 9.48. The van der Waals surface area contributed by atoms with Crippen LogP contribution in [0, 0.1) is 4.77 Å². The highest BCUT2D eigenvalue weighted by atomic mass is 35.5. The van der Waals surface area contributed by atoms with Gasteiger partial charge in [0.05, 0.1) is 10.9 Å². The number of aromatic amines is 2. The molecular weight excluding hydrogens is 408 g/mol. The summed E-state index contributed by atoms with van der Waals surface area (Å²) in [6.45, 7) is 4.96. The standard InChI is InChI=1S/C21H21ClN4O2S/c1-13(15-4-2-3-5-17(15)22)25-8-10-26(11-9-25)20(28)14-6-7-16-18(12-14)23-21(29)24-19(16)27/h2-7,12-13H,8-11H2,1H3,(H2,23,24,27,29). The molecule has 29 heavy (non-hydrogen) atoms. The molecule has 0 radical (unpaired) electrons. The first-order chi connectivity index (χ1) is 13.9. The molecule has 0 saturated carbocycles. The Kier molecular flexibility index (Phi) is 5.54. The predicted molar refractivity (Wildman–Crippen MR) is 117 cm³/mol. The normalized spacial score (nSPS) is 16.1. The van der Waals surface area contributed by atoms with Crippen LogP contribution in [0.5, 0.6) is 0 Å². The van der Waals surface area contributed by atoms with Crippen molar-refractivity contribution in [2.45, 2.75) is 13.0 Å². The van der Waals surface area contributed by atoms with Gasteiger partial charge in [0.25, 0.3) is 11.5 Å². The molecule has 3 aromatic rings. The molecule has 4 rings (SSSR count). The predicted octanol–water partition coefficient (Wildman–Crippen LogP) is 3.76. The van der Waals surface area contributed by atoms with Crippen LogP contribution >= 0.6 is 23.8 Å². The number of fused-ring (bicyclic) bond motifs is 1. The number of carbonyl (C=O) groups excluding carboxylic acids is 1. The molecule has 2 heterocycles. The fourth-order valence-corrected chi connectivity index (χ4v) is 4.30. The number of nitrogens with zero attached hydrogens (tertiary/aromatic N) is 2. The summed E-state index contributed by atoms with van der Waals surface area (Å²) in [7, 11) is 0. The number of hydrogen-bond acceptors (Lipinski definition) is 4. The summed E-state index contributed by atoms with van der Waals surface area (Å²) in [4.78, 5) is 34.6. The van der Waals surface area contributed by atoms with Gasteiger partial charge in [-0.05, 0) is 49.0 Å². The van der Waals surface area contributed by atoms with E-state index in [4.69, 9.17) is 23.8 Å². The number of amides is 1. The Hall–Kier alpha value is -2.48. The van der Waals surface area contributed by atoms with Crippen molar-refractivity contribution in [1.82, 2.24) is 19.8 Å². The first-order valence-corrected chi connectivity index (χ1v) is 10.3. The summed E-state index contributed by atoms with van der Waals surface area (Å²) in [5.74, 6) is -0.0449. The van der Waals surface area contributed by atoms with Gasteiger partial charge in [-0.25, -0.2) is 0 Å². The zero-order valence-electron chi connectivity index (χ0n) is 15.9. The fraction of sp³-hybridized carbons (Fsp3) is 0.286. The molecule has 1 fully saturated rings. The van der Waals surface area contributed by atoms with Crippen LogP contribution in [-0.2, 0) is 0 Å². The van der Waals surface area contributed by atoms with Crippen molar-refractivity contribution >= 4 is 40.6 Å². The Morgan fingerprint density at radius 3 is 2.55 bits per heavy atom. The number of benzene rings is 2. The highest BCUT2D eigenvalue weighted by molar-refractivity contribution is 7.71. The summed E-state index contributed by atoms with van der Waals surface area (Å²) in [5.41, 5.74) is 1.95. The van der Waals surface area contributed by atoms with Gasteiger partial charge in [-0.15, -0.1) is 0 Å². The lowest BCUT2D eigenvalue weighted by molar-refractivity contribution is 0.0582. The van der Waals surface area contributed by atoms with E-state index in [-0.39, 0.29) is 22.3 Å². The van der Waals surface area contributed by atoms with Crippen molar-refractivity contribution in [2.75, 3.05) is 26.2 Å². The Morgan fingerprint density at radius 1 is 1.10 bits per heavy atom. The SMILES string of the molecule is CC(c1ccccc1Cl)N1CCN(C(=O)c2ccc3c(=O)[nH]c(=S)[nH]c3c2)CC1. The van der Waals surface area contributed by atoms with Crippen molar-refractivity contribution < 1.29 is 4.79 Å². The summed E-state index contributed by atoms with van der Waals surface area (Å²) >= 11 is 11.4. The topological polar surface area (TPSA) is 72.2 Å². The van der Waals surface area contributed by atoms with E-state index in [0.29, 0.717) is 29.6 Å². The van der Waals surface area contributed by atoms with Crippen LogP contribution in [0.2, 0.25) is 5.02 Å². The number of nitrogens with one attached hydrogen (secondary N) is 2. The van der Waals surface area contributed by atoms with E-state index in [9.17, 15) is 9.59 Å². The number of H-pyrrole nitrogens is 2. The second-order valence-corrected chi connectivity index (χ2v) is 8.01. The summed E-state index contributed by atoms with van der Waals surface area (Å²) < 4.78 is 0.245. The van der Waals surface area contributed by atoms with E-state index in [1.165, 1.54) is 0 Å². The third kappa shape index (κ3) is 3.99. The number of aromatic nitrogens is 2. The summed E-state index contributed by atoms with van der Waals surface area (Å²) in [6, 6.07) is 13.1. The summed E-state index contributed by atoms with van der Waals surface area (Å²) in [6.07, 6.45) is 0. The quantitative estimate of drug-likeness (QED) is 0.623. The van der Waals surface area contributed by atoms with Gasteiger partial charge in [0.1, 0.15) is 0 Å². The van der Waals surface area contributed by atoms with Crippen LogP contribution in [0.1, 0.15) is 28.9 Å². The lowest BCUT2D eigenvalue weighted by Gasteiger charge is -2.38. The maximum absolute atomic E-state index is 13.0. The van der Waals surface area contributed by atoms with Crippen LogP contribution in [0.4, 0.5) is 0 Å². The fourth-order valence-electron chi connectivity index (χ4n) is 3.81. The average Bonchev–Trinajstić information content (AvgIpc) is 2.72.